The fraction of sp³-hybridized carbons (Fsp3) is 0.526. The van der Waals surface area contributed by atoms with Gasteiger partial charge in [-0.25, -0.2) is 0 Å². The Hall–Kier alpha value is -1.17. The average Bonchev–Trinajstić information content (AvgIpc) is 3.36. The van der Waals surface area contributed by atoms with Crippen molar-refractivity contribution in [2.24, 2.45) is 0 Å². The molecular weight excluding hydrogens is 338 g/mol. The van der Waals surface area contributed by atoms with Gasteiger partial charge in [-0.3, -0.25) is 4.79 Å². The summed E-state index contributed by atoms with van der Waals surface area (Å²) in [4.78, 5) is 15.4. The number of thiophene rings is 2. The molecule has 0 saturated heterocycles. The van der Waals surface area contributed by atoms with Gasteiger partial charge in [0.05, 0.1) is 5.41 Å². The van der Waals surface area contributed by atoms with Crippen LogP contribution in [0.25, 0.3) is 0 Å². The normalized spacial score (nSPS) is 17.7. The second kappa shape index (κ2) is 8.28. The van der Waals surface area contributed by atoms with Crippen LogP contribution in [0.5, 0.6) is 0 Å². The zero-order valence-corrected chi connectivity index (χ0v) is 15.5. The van der Waals surface area contributed by atoms with E-state index in [2.05, 4.69) is 28.2 Å². The van der Waals surface area contributed by atoms with Crippen LogP contribution < -0.4 is 5.32 Å². The third-order valence-corrected chi connectivity index (χ3v) is 7.19. The summed E-state index contributed by atoms with van der Waals surface area (Å²) < 4.78 is 0. The van der Waals surface area contributed by atoms with E-state index in [0.717, 1.165) is 38.5 Å². The van der Waals surface area contributed by atoms with Crippen LogP contribution in [0.2, 0.25) is 0 Å². The summed E-state index contributed by atoms with van der Waals surface area (Å²) in [6.45, 7) is 0.865. The molecule has 0 radical (unpaired) electrons. The summed E-state index contributed by atoms with van der Waals surface area (Å²) in [7, 11) is 0. The van der Waals surface area contributed by atoms with Crippen molar-refractivity contribution in [1.82, 2.24) is 5.32 Å². The molecule has 3 nitrogen and oxygen atoms in total. The Bertz CT molecular complexity index is 616. The summed E-state index contributed by atoms with van der Waals surface area (Å²) in [5.74, 6) is 0.521. The van der Waals surface area contributed by atoms with E-state index in [9.17, 15) is 9.90 Å². The highest BCUT2D eigenvalue weighted by Crippen LogP contribution is 2.43. The number of aliphatic hydroxyl groups excluding tert-OH is 1. The molecule has 0 unspecified atom stereocenters. The molecule has 0 aromatic carbocycles. The van der Waals surface area contributed by atoms with Crippen molar-refractivity contribution in [2.45, 2.75) is 49.9 Å². The monoisotopic (exact) mass is 363 g/mol. The highest BCUT2D eigenvalue weighted by Gasteiger charge is 2.43. The molecule has 1 saturated carbocycles. The number of carbonyl (C=O) groups excluding carboxylic acids is 1. The fourth-order valence-corrected chi connectivity index (χ4v) is 5.64. The molecule has 2 aromatic heterocycles. The first kappa shape index (κ1) is 17.6. The molecule has 1 atom stereocenters. The molecule has 24 heavy (non-hydrogen) atoms. The lowest BCUT2D eigenvalue weighted by molar-refractivity contribution is -0.126. The lowest BCUT2D eigenvalue weighted by Crippen LogP contribution is -2.42. The van der Waals surface area contributed by atoms with Gasteiger partial charge < -0.3 is 10.4 Å². The van der Waals surface area contributed by atoms with Crippen LogP contribution in [0.15, 0.2) is 35.0 Å². The van der Waals surface area contributed by atoms with E-state index in [1.807, 2.05) is 12.1 Å². The third kappa shape index (κ3) is 3.73. The third-order valence-electron chi connectivity index (χ3n) is 5.09. The molecule has 1 aliphatic rings. The number of aliphatic hydroxyl groups is 1. The highest BCUT2D eigenvalue weighted by atomic mass is 32.1. The molecule has 1 amide bonds. The zero-order valence-electron chi connectivity index (χ0n) is 13.9. The molecular formula is C19H25NO2S2. The number of rotatable bonds is 8. The van der Waals surface area contributed by atoms with Crippen molar-refractivity contribution in [3.63, 3.8) is 0 Å². The quantitative estimate of drug-likeness (QED) is 0.735. The van der Waals surface area contributed by atoms with E-state index in [-0.39, 0.29) is 17.9 Å². The first-order valence-corrected chi connectivity index (χ1v) is 10.5. The lowest BCUT2D eigenvalue weighted by atomic mass is 9.83. The van der Waals surface area contributed by atoms with Crippen molar-refractivity contribution < 1.29 is 9.90 Å². The molecule has 3 rings (SSSR count). The summed E-state index contributed by atoms with van der Waals surface area (Å²) in [5, 5.41) is 16.6. The van der Waals surface area contributed by atoms with Gasteiger partial charge in [0.15, 0.2) is 0 Å². The maximum absolute atomic E-state index is 12.9. The largest absolute Gasteiger partial charge is 0.396 e. The van der Waals surface area contributed by atoms with Crippen LogP contribution in [0.1, 0.15) is 54.2 Å². The van der Waals surface area contributed by atoms with Crippen LogP contribution in [0.4, 0.5) is 0 Å². The second-order valence-electron chi connectivity index (χ2n) is 6.54. The number of hydrogen-bond acceptors (Lipinski definition) is 4. The Balaban J connectivity index is 1.60. The van der Waals surface area contributed by atoms with E-state index in [1.54, 1.807) is 22.7 Å². The van der Waals surface area contributed by atoms with Crippen LogP contribution in [-0.4, -0.2) is 24.2 Å². The maximum atomic E-state index is 12.9. The summed E-state index contributed by atoms with van der Waals surface area (Å²) in [6.07, 6.45) is 5.83. The van der Waals surface area contributed by atoms with Gasteiger partial charge >= 0.3 is 0 Å². The Labute approximate surface area is 151 Å². The van der Waals surface area contributed by atoms with E-state index in [1.165, 1.54) is 9.75 Å². The molecule has 2 heterocycles. The van der Waals surface area contributed by atoms with Crippen molar-refractivity contribution in [3.8, 4) is 0 Å². The lowest BCUT2D eigenvalue weighted by Gasteiger charge is -2.27. The van der Waals surface area contributed by atoms with Gasteiger partial charge in [0.2, 0.25) is 5.91 Å². The molecule has 1 aliphatic carbocycles. The summed E-state index contributed by atoms with van der Waals surface area (Å²) >= 11 is 3.43. The van der Waals surface area contributed by atoms with Gasteiger partial charge in [0.1, 0.15) is 0 Å². The minimum absolute atomic E-state index is 0.190. The molecule has 0 aliphatic heterocycles. The first-order chi connectivity index (χ1) is 11.8. The molecule has 130 valence electrons. The van der Waals surface area contributed by atoms with E-state index in [4.69, 9.17) is 0 Å². The maximum Gasteiger partial charge on any atom is 0.231 e. The molecule has 0 spiro atoms. The van der Waals surface area contributed by atoms with Gasteiger partial charge in [-0.05, 0) is 54.5 Å². The molecule has 0 bridgehead atoms. The van der Waals surface area contributed by atoms with Crippen LogP contribution in [-0.2, 0) is 10.2 Å². The minimum Gasteiger partial charge on any atom is -0.396 e. The standard InChI is InChI=1S/C19H25NO2S2/c21-12-8-15(16-5-3-13-23-16)7-11-20-18(22)19(9-1-2-10-19)17-6-4-14-24-17/h3-6,13-15,21H,1-2,7-12H2,(H,20,22)/t15-/m1/s1. The van der Waals surface area contributed by atoms with Gasteiger partial charge in [0.25, 0.3) is 0 Å². The van der Waals surface area contributed by atoms with Gasteiger partial charge in [0, 0.05) is 22.9 Å². The van der Waals surface area contributed by atoms with Crippen molar-refractivity contribution >= 4 is 28.6 Å². The van der Waals surface area contributed by atoms with Crippen molar-refractivity contribution in [3.05, 3.63) is 44.8 Å². The van der Waals surface area contributed by atoms with Gasteiger partial charge in [-0.15, -0.1) is 22.7 Å². The van der Waals surface area contributed by atoms with Crippen molar-refractivity contribution in [2.75, 3.05) is 13.2 Å². The van der Waals surface area contributed by atoms with E-state index < -0.39 is 0 Å². The number of hydrogen-bond donors (Lipinski definition) is 2. The summed E-state index contributed by atoms with van der Waals surface area (Å²) in [6, 6.07) is 8.32. The van der Waals surface area contributed by atoms with E-state index in [0.29, 0.717) is 12.5 Å². The molecule has 5 heteroatoms. The van der Waals surface area contributed by atoms with Gasteiger partial charge in [-0.1, -0.05) is 25.0 Å². The van der Waals surface area contributed by atoms with Crippen LogP contribution in [0, 0.1) is 0 Å². The number of amides is 1. The SMILES string of the molecule is O=C(NCC[C@H](CCO)c1cccs1)C1(c2cccs2)CCCC1. The predicted octanol–water partition coefficient (Wildman–Crippen LogP) is 4.29. The minimum atomic E-state index is -0.302. The Morgan fingerprint density at radius 1 is 1.17 bits per heavy atom. The predicted molar refractivity (Wildman–Crippen MR) is 101 cm³/mol. The topological polar surface area (TPSA) is 49.3 Å². The number of nitrogens with one attached hydrogen (secondary N) is 1. The highest BCUT2D eigenvalue weighted by molar-refractivity contribution is 7.10. The summed E-state index contributed by atoms with van der Waals surface area (Å²) in [5.41, 5.74) is -0.302. The first-order valence-electron chi connectivity index (χ1n) is 8.73. The fourth-order valence-electron chi connectivity index (χ4n) is 3.75. The van der Waals surface area contributed by atoms with E-state index >= 15 is 0 Å². The Kier molecular flexibility index (Phi) is 6.09. The number of carbonyl (C=O) groups is 1. The molecule has 2 aromatic rings. The van der Waals surface area contributed by atoms with Crippen LogP contribution >= 0.6 is 22.7 Å². The smallest absolute Gasteiger partial charge is 0.231 e. The Morgan fingerprint density at radius 3 is 2.54 bits per heavy atom. The molecule has 1 fully saturated rings. The Morgan fingerprint density at radius 2 is 1.92 bits per heavy atom. The second-order valence-corrected chi connectivity index (χ2v) is 8.46. The average molecular weight is 364 g/mol. The van der Waals surface area contributed by atoms with Gasteiger partial charge in [-0.2, -0.15) is 0 Å². The van der Waals surface area contributed by atoms with Crippen molar-refractivity contribution in [1.29, 1.82) is 0 Å². The van der Waals surface area contributed by atoms with Crippen LogP contribution in [0.3, 0.4) is 0 Å². The molecule has 2 N–H and O–H groups in total. The zero-order chi connectivity index (χ0) is 16.8.